The summed E-state index contributed by atoms with van der Waals surface area (Å²) in [5.74, 6) is -0.753. The van der Waals surface area contributed by atoms with Crippen LogP contribution in [0.4, 0.5) is 4.39 Å². The summed E-state index contributed by atoms with van der Waals surface area (Å²) < 4.78 is 38.6. The van der Waals surface area contributed by atoms with Crippen LogP contribution in [0.2, 0.25) is 0 Å². The summed E-state index contributed by atoms with van der Waals surface area (Å²) in [6.07, 6.45) is 1.39. The average molecular weight is 229 g/mol. The Hall–Kier alpha value is -1.20. The van der Waals surface area contributed by atoms with Crippen molar-refractivity contribution in [3.63, 3.8) is 0 Å². The molecule has 3 nitrogen and oxygen atoms in total. The van der Waals surface area contributed by atoms with Crippen LogP contribution in [-0.4, -0.2) is 15.0 Å². The lowest BCUT2D eigenvalue weighted by Gasteiger charge is -2.06. The van der Waals surface area contributed by atoms with Crippen LogP contribution in [0.5, 0.6) is 0 Å². The molecule has 0 radical (unpaired) electrons. The summed E-state index contributed by atoms with van der Waals surface area (Å²) in [7, 11) is -3.77. The summed E-state index contributed by atoms with van der Waals surface area (Å²) in [6.45, 7) is 5.16. The van der Waals surface area contributed by atoms with Gasteiger partial charge in [-0.25, -0.2) is 17.5 Å². The molecule has 0 heterocycles. The van der Waals surface area contributed by atoms with E-state index in [4.69, 9.17) is 0 Å². The maximum atomic E-state index is 13.2. The van der Waals surface area contributed by atoms with E-state index in [9.17, 15) is 12.8 Å². The highest BCUT2D eigenvalue weighted by Crippen LogP contribution is 2.15. The van der Waals surface area contributed by atoms with E-state index in [0.29, 0.717) is 5.56 Å². The lowest BCUT2D eigenvalue weighted by atomic mass is 10.2. The zero-order chi connectivity index (χ0) is 11.5. The fourth-order valence-electron chi connectivity index (χ4n) is 1.06. The third-order valence-electron chi connectivity index (χ3n) is 1.79. The van der Waals surface area contributed by atoms with Crippen molar-refractivity contribution >= 4 is 10.0 Å². The van der Waals surface area contributed by atoms with Crippen LogP contribution >= 0.6 is 0 Å². The minimum absolute atomic E-state index is 0.0791. The first-order valence-electron chi connectivity index (χ1n) is 4.34. The normalized spacial score (nSPS) is 11.3. The molecule has 5 heteroatoms. The number of hydrogen-bond donors (Lipinski definition) is 1. The maximum absolute atomic E-state index is 13.2. The summed E-state index contributed by atoms with van der Waals surface area (Å²) in [5.41, 5.74) is 0.690. The maximum Gasteiger partial charge on any atom is 0.243 e. The summed E-state index contributed by atoms with van der Waals surface area (Å²) >= 11 is 0. The van der Waals surface area contributed by atoms with E-state index in [1.807, 2.05) is 0 Å². The van der Waals surface area contributed by atoms with Crippen molar-refractivity contribution < 1.29 is 12.8 Å². The molecule has 82 valence electrons. The third kappa shape index (κ3) is 2.87. The van der Waals surface area contributed by atoms with E-state index < -0.39 is 15.8 Å². The van der Waals surface area contributed by atoms with Crippen molar-refractivity contribution in [2.45, 2.75) is 11.8 Å². The quantitative estimate of drug-likeness (QED) is 0.797. The predicted molar refractivity (Wildman–Crippen MR) is 56.5 cm³/mol. The van der Waals surface area contributed by atoms with Crippen LogP contribution in [-0.2, 0) is 10.0 Å². The lowest BCUT2D eigenvalue weighted by Crippen LogP contribution is -2.24. The number of rotatable bonds is 4. The van der Waals surface area contributed by atoms with Gasteiger partial charge in [-0.1, -0.05) is 12.1 Å². The summed E-state index contributed by atoms with van der Waals surface area (Å²) in [4.78, 5) is -0.329. The molecule has 0 saturated carbocycles. The highest BCUT2D eigenvalue weighted by Gasteiger charge is 2.17. The van der Waals surface area contributed by atoms with Gasteiger partial charge in [0.2, 0.25) is 10.0 Å². The molecule has 0 aromatic heterocycles. The highest BCUT2D eigenvalue weighted by atomic mass is 32.2. The SMILES string of the molecule is C=CCNS(=O)(=O)c1cc(C)ccc1F. The van der Waals surface area contributed by atoms with Gasteiger partial charge in [-0.15, -0.1) is 6.58 Å². The second kappa shape index (κ2) is 4.55. The van der Waals surface area contributed by atoms with Crippen LogP contribution in [0.1, 0.15) is 5.56 Å². The Morgan fingerprint density at radius 3 is 2.80 bits per heavy atom. The lowest BCUT2D eigenvalue weighted by molar-refractivity contribution is 0.559. The molecule has 0 saturated heterocycles. The molecule has 0 atom stereocenters. The number of aryl methyl sites for hydroxylation is 1. The number of hydrogen-bond acceptors (Lipinski definition) is 2. The van der Waals surface area contributed by atoms with Crippen molar-refractivity contribution in [2.24, 2.45) is 0 Å². The molecule has 15 heavy (non-hydrogen) atoms. The second-order valence-electron chi connectivity index (χ2n) is 3.07. The van der Waals surface area contributed by atoms with E-state index in [2.05, 4.69) is 11.3 Å². The second-order valence-corrected chi connectivity index (χ2v) is 4.81. The number of sulfonamides is 1. The molecular weight excluding hydrogens is 217 g/mol. The minimum atomic E-state index is -3.77. The van der Waals surface area contributed by atoms with E-state index in [1.165, 1.54) is 18.2 Å². The van der Waals surface area contributed by atoms with E-state index in [1.54, 1.807) is 6.92 Å². The molecule has 0 amide bonds. The zero-order valence-electron chi connectivity index (χ0n) is 8.33. The van der Waals surface area contributed by atoms with Crippen molar-refractivity contribution in [2.75, 3.05) is 6.54 Å². The Balaban J connectivity index is 3.14. The molecule has 0 aliphatic carbocycles. The van der Waals surface area contributed by atoms with Gasteiger partial charge in [0.25, 0.3) is 0 Å². The molecular formula is C10H12FNO2S. The fourth-order valence-corrected chi connectivity index (χ4v) is 2.22. The molecule has 0 aliphatic heterocycles. The van der Waals surface area contributed by atoms with Gasteiger partial charge < -0.3 is 0 Å². The first-order valence-corrected chi connectivity index (χ1v) is 5.82. The molecule has 0 spiro atoms. The molecule has 1 rings (SSSR count). The van der Waals surface area contributed by atoms with Gasteiger partial charge in [-0.3, -0.25) is 0 Å². The van der Waals surface area contributed by atoms with Crippen LogP contribution < -0.4 is 4.72 Å². The molecule has 1 N–H and O–H groups in total. The average Bonchev–Trinajstić information content (AvgIpc) is 2.18. The Bertz CT molecular complexity index is 468. The van der Waals surface area contributed by atoms with Crippen LogP contribution in [0.15, 0.2) is 35.7 Å². The zero-order valence-corrected chi connectivity index (χ0v) is 9.14. The first kappa shape index (κ1) is 11.9. The smallest absolute Gasteiger partial charge is 0.207 e. The van der Waals surface area contributed by atoms with E-state index in [0.717, 1.165) is 6.07 Å². The van der Waals surface area contributed by atoms with Crippen LogP contribution in [0, 0.1) is 12.7 Å². The summed E-state index contributed by atoms with van der Waals surface area (Å²) in [6, 6.07) is 3.94. The van der Waals surface area contributed by atoms with Crippen LogP contribution in [0.25, 0.3) is 0 Å². The fraction of sp³-hybridized carbons (Fsp3) is 0.200. The molecule has 0 fully saturated rings. The number of benzene rings is 1. The predicted octanol–water partition coefficient (Wildman–Crippen LogP) is 1.60. The first-order chi connectivity index (χ1) is 6.97. The van der Waals surface area contributed by atoms with Gasteiger partial charge in [0.15, 0.2) is 0 Å². The monoisotopic (exact) mass is 229 g/mol. The Morgan fingerprint density at radius 2 is 2.20 bits per heavy atom. The molecule has 0 aliphatic rings. The summed E-state index contributed by atoms with van der Waals surface area (Å²) in [5, 5.41) is 0. The molecule has 0 unspecified atom stereocenters. The molecule has 0 bridgehead atoms. The van der Waals surface area contributed by atoms with Gasteiger partial charge in [-0.05, 0) is 24.6 Å². The van der Waals surface area contributed by atoms with Crippen molar-refractivity contribution in [3.8, 4) is 0 Å². The van der Waals surface area contributed by atoms with Crippen molar-refractivity contribution in [3.05, 3.63) is 42.2 Å². The van der Waals surface area contributed by atoms with Gasteiger partial charge in [0.1, 0.15) is 10.7 Å². The number of nitrogens with one attached hydrogen (secondary N) is 1. The Kier molecular flexibility index (Phi) is 3.60. The molecule has 1 aromatic carbocycles. The minimum Gasteiger partial charge on any atom is -0.207 e. The largest absolute Gasteiger partial charge is 0.243 e. The van der Waals surface area contributed by atoms with Gasteiger partial charge in [0, 0.05) is 6.54 Å². The van der Waals surface area contributed by atoms with Gasteiger partial charge >= 0.3 is 0 Å². The van der Waals surface area contributed by atoms with Crippen molar-refractivity contribution in [1.82, 2.24) is 4.72 Å². The highest BCUT2D eigenvalue weighted by molar-refractivity contribution is 7.89. The van der Waals surface area contributed by atoms with Crippen LogP contribution in [0.3, 0.4) is 0 Å². The number of halogens is 1. The van der Waals surface area contributed by atoms with E-state index in [-0.39, 0.29) is 11.4 Å². The topological polar surface area (TPSA) is 46.2 Å². The standard InChI is InChI=1S/C10H12FNO2S/c1-3-6-12-15(13,14)10-7-8(2)4-5-9(10)11/h3-5,7,12H,1,6H2,2H3. The third-order valence-corrected chi connectivity index (χ3v) is 3.23. The van der Waals surface area contributed by atoms with Crippen molar-refractivity contribution in [1.29, 1.82) is 0 Å². The van der Waals surface area contributed by atoms with E-state index >= 15 is 0 Å². The van der Waals surface area contributed by atoms with Gasteiger partial charge in [0.05, 0.1) is 0 Å². The molecule has 1 aromatic rings. The Labute approximate surface area is 88.7 Å². The Morgan fingerprint density at radius 1 is 1.53 bits per heavy atom. The van der Waals surface area contributed by atoms with Gasteiger partial charge in [-0.2, -0.15) is 0 Å².